The van der Waals surface area contributed by atoms with Crippen molar-refractivity contribution in [1.29, 1.82) is 0 Å². The highest BCUT2D eigenvalue weighted by molar-refractivity contribution is 8.01. The molecule has 3 rings (SSSR count). The molecule has 1 aromatic carbocycles. The molecule has 0 radical (unpaired) electrons. The van der Waals surface area contributed by atoms with Crippen LogP contribution in [0.5, 0.6) is 0 Å². The zero-order chi connectivity index (χ0) is 19.1. The lowest BCUT2D eigenvalue weighted by atomic mass is 10.2. The third kappa shape index (κ3) is 6.03. The fourth-order valence-electron chi connectivity index (χ4n) is 2.98. The van der Waals surface area contributed by atoms with Crippen LogP contribution in [0.25, 0.3) is 0 Å². The molecule has 1 heterocycles. The highest BCUT2D eigenvalue weighted by Crippen LogP contribution is 2.51. The Kier molecular flexibility index (Phi) is 6.83. The van der Waals surface area contributed by atoms with Crippen molar-refractivity contribution in [2.24, 2.45) is 10.9 Å². The highest BCUT2D eigenvalue weighted by atomic mass is 32.2. The molecule has 0 saturated heterocycles. The van der Waals surface area contributed by atoms with Crippen LogP contribution in [0.4, 0.5) is 0 Å². The van der Waals surface area contributed by atoms with Crippen LogP contribution in [-0.2, 0) is 13.1 Å². The van der Waals surface area contributed by atoms with Crippen LogP contribution in [0.3, 0.4) is 0 Å². The summed E-state index contributed by atoms with van der Waals surface area (Å²) in [7, 11) is 0. The Bertz CT molecular complexity index is 734. The first-order valence-corrected chi connectivity index (χ1v) is 10.7. The largest absolute Gasteiger partial charge is 0.357 e. The van der Waals surface area contributed by atoms with Crippen LogP contribution in [0.2, 0.25) is 0 Å². The van der Waals surface area contributed by atoms with E-state index in [4.69, 9.17) is 4.99 Å². The maximum Gasteiger partial charge on any atom is 0.191 e. The topological polar surface area (TPSA) is 54.2 Å². The van der Waals surface area contributed by atoms with E-state index in [0.29, 0.717) is 17.2 Å². The number of nitrogens with one attached hydrogen (secondary N) is 2. The van der Waals surface area contributed by atoms with E-state index in [1.165, 1.54) is 17.7 Å². The molecule has 1 fully saturated rings. The van der Waals surface area contributed by atoms with Gasteiger partial charge < -0.3 is 15.2 Å². The molecule has 0 amide bonds. The van der Waals surface area contributed by atoms with Crippen molar-refractivity contribution < 1.29 is 0 Å². The molecule has 0 aliphatic heterocycles. The summed E-state index contributed by atoms with van der Waals surface area (Å²) in [6.45, 7) is 9.89. The first kappa shape index (κ1) is 19.8. The molecule has 5 nitrogen and oxygen atoms in total. The lowest BCUT2D eigenvalue weighted by molar-refractivity contribution is 0.507. The van der Waals surface area contributed by atoms with E-state index in [2.05, 4.69) is 71.3 Å². The second kappa shape index (κ2) is 9.31. The van der Waals surface area contributed by atoms with Crippen molar-refractivity contribution >= 4 is 17.7 Å². The average molecular weight is 386 g/mol. The van der Waals surface area contributed by atoms with Gasteiger partial charge in [-0.2, -0.15) is 0 Å². The molecule has 2 N–H and O–H groups in total. The molecule has 27 heavy (non-hydrogen) atoms. The number of hydrogen-bond donors (Lipinski definition) is 2. The fraction of sp³-hybridized carbons (Fsp3) is 0.524. The summed E-state index contributed by atoms with van der Waals surface area (Å²) in [6.07, 6.45) is 6.40. The lowest BCUT2D eigenvalue weighted by Gasteiger charge is -2.18. The van der Waals surface area contributed by atoms with Crippen LogP contribution in [0.1, 0.15) is 39.4 Å². The zero-order valence-corrected chi connectivity index (χ0v) is 17.4. The van der Waals surface area contributed by atoms with Gasteiger partial charge in [0.15, 0.2) is 5.96 Å². The number of thioether (sulfide) groups is 1. The SMILES string of the molecule is CCNC(=NCc1nccn1CC(C)C)NCC1(Sc2ccccc2)CC1. The van der Waals surface area contributed by atoms with Gasteiger partial charge >= 0.3 is 0 Å². The maximum atomic E-state index is 4.76. The van der Waals surface area contributed by atoms with Crippen molar-refractivity contribution in [3.05, 3.63) is 48.5 Å². The van der Waals surface area contributed by atoms with E-state index < -0.39 is 0 Å². The fourth-order valence-corrected chi connectivity index (χ4v) is 4.22. The molecule has 146 valence electrons. The second-order valence-electron chi connectivity index (χ2n) is 7.54. The number of hydrogen-bond acceptors (Lipinski definition) is 3. The van der Waals surface area contributed by atoms with E-state index in [9.17, 15) is 0 Å². The third-order valence-electron chi connectivity index (χ3n) is 4.55. The van der Waals surface area contributed by atoms with Gasteiger partial charge in [0, 0.05) is 41.7 Å². The van der Waals surface area contributed by atoms with E-state index >= 15 is 0 Å². The first-order chi connectivity index (χ1) is 13.1. The molecule has 2 aromatic rings. The molecule has 6 heteroatoms. The van der Waals surface area contributed by atoms with Crippen LogP contribution < -0.4 is 10.6 Å². The van der Waals surface area contributed by atoms with E-state index in [1.54, 1.807) is 0 Å². The molecule has 0 unspecified atom stereocenters. The van der Waals surface area contributed by atoms with Gasteiger partial charge in [-0.1, -0.05) is 32.0 Å². The summed E-state index contributed by atoms with van der Waals surface area (Å²) in [4.78, 5) is 10.6. The van der Waals surface area contributed by atoms with Crippen molar-refractivity contribution in [2.45, 2.75) is 56.3 Å². The number of aromatic nitrogens is 2. The number of guanidine groups is 1. The van der Waals surface area contributed by atoms with Gasteiger partial charge in [-0.25, -0.2) is 9.98 Å². The Morgan fingerprint density at radius 3 is 2.70 bits per heavy atom. The van der Waals surface area contributed by atoms with E-state index in [0.717, 1.165) is 31.4 Å². The van der Waals surface area contributed by atoms with Crippen molar-refractivity contribution in [3.8, 4) is 0 Å². The van der Waals surface area contributed by atoms with E-state index in [-0.39, 0.29) is 0 Å². The Labute approximate surface area is 167 Å². The minimum absolute atomic E-state index is 0.299. The Morgan fingerprint density at radius 1 is 1.26 bits per heavy atom. The summed E-state index contributed by atoms with van der Waals surface area (Å²) >= 11 is 1.98. The van der Waals surface area contributed by atoms with Gasteiger partial charge in [-0.05, 0) is 37.8 Å². The van der Waals surface area contributed by atoms with Gasteiger partial charge in [0.05, 0.1) is 0 Å². The van der Waals surface area contributed by atoms with Gasteiger partial charge in [0.1, 0.15) is 12.4 Å². The van der Waals surface area contributed by atoms with Gasteiger partial charge in [0.2, 0.25) is 0 Å². The van der Waals surface area contributed by atoms with E-state index in [1.807, 2.05) is 24.2 Å². The Balaban J connectivity index is 1.57. The zero-order valence-electron chi connectivity index (χ0n) is 16.6. The number of imidazole rings is 1. The molecule has 1 aliphatic rings. The number of aliphatic imine (C=N–C) groups is 1. The number of nitrogens with zero attached hydrogens (tertiary/aromatic N) is 3. The molecule has 0 atom stereocenters. The molecule has 1 aromatic heterocycles. The highest BCUT2D eigenvalue weighted by Gasteiger charge is 2.43. The molecule has 0 spiro atoms. The summed E-state index contributed by atoms with van der Waals surface area (Å²) in [5, 5.41) is 6.91. The van der Waals surface area contributed by atoms with Crippen molar-refractivity contribution in [2.75, 3.05) is 13.1 Å². The number of benzene rings is 1. The summed E-state index contributed by atoms with van der Waals surface area (Å²) in [6, 6.07) is 10.7. The second-order valence-corrected chi connectivity index (χ2v) is 9.08. The summed E-state index contributed by atoms with van der Waals surface area (Å²) in [5.74, 6) is 2.48. The maximum absolute atomic E-state index is 4.76. The average Bonchev–Trinajstić information content (AvgIpc) is 3.27. The first-order valence-electron chi connectivity index (χ1n) is 9.86. The lowest BCUT2D eigenvalue weighted by Crippen LogP contribution is -2.41. The minimum Gasteiger partial charge on any atom is -0.357 e. The summed E-state index contributed by atoms with van der Waals surface area (Å²) in [5.41, 5.74) is 0. The van der Waals surface area contributed by atoms with Crippen LogP contribution in [-0.4, -0.2) is 33.3 Å². The van der Waals surface area contributed by atoms with Crippen LogP contribution >= 0.6 is 11.8 Å². The standard InChI is InChI=1S/C21H31N5S/c1-4-22-20(24-14-19-23-12-13-26(19)15-17(2)3)25-16-21(10-11-21)27-18-8-6-5-7-9-18/h5-9,12-13,17H,4,10-11,14-16H2,1-3H3,(H2,22,24,25). The normalized spacial score (nSPS) is 15.8. The molecule has 0 bridgehead atoms. The van der Waals surface area contributed by atoms with Crippen LogP contribution in [0, 0.1) is 5.92 Å². The predicted octanol–water partition coefficient (Wildman–Crippen LogP) is 3.92. The van der Waals surface area contributed by atoms with Crippen molar-refractivity contribution in [1.82, 2.24) is 20.2 Å². The number of rotatable bonds is 9. The molecule has 1 aliphatic carbocycles. The van der Waals surface area contributed by atoms with Crippen molar-refractivity contribution in [3.63, 3.8) is 0 Å². The summed E-state index contributed by atoms with van der Waals surface area (Å²) < 4.78 is 2.50. The Morgan fingerprint density at radius 2 is 2.04 bits per heavy atom. The van der Waals surface area contributed by atoms with Gasteiger partial charge in [0.25, 0.3) is 0 Å². The molecular weight excluding hydrogens is 354 g/mol. The van der Waals surface area contributed by atoms with Crippen LogP contribution in [0.15, 0.2) is 52.6 Å². The smallest absolute Gasteiger partial charge is 0.191 e. The third-order valence-corrected chi connectivity index (χ3v) is 6.04. The Hall–Kier alpha value is -1.95. The van der Waals surface area contributed by atoms with Gasteiger partial charge in [-0.15, -0.1) is 11.8 Å². The predicted molar refractivity (Wildman–Crippen MR) is 114 cm³/mol. The minimum atomic E-state index is 0.299. The monoisotopic (exact) mass is 385 g/mol. The quantitative estimate of drug-likeness (QED) is 0.507. The molecule has 1 saturated carbocycles. The van der Waals surface area contributed by atoms with Gasteiger partial charge in [-0.3, -0.25) is 0 Å². The molecular formula is C21H31N5S.